The van der Waals surface area contributed by atoms with Gasteiger partial charge in [-0.1, -0.05) is 47.1 Å². The van der Waals surface area contributed by atoms with Gasteiger partial charge in [-0.2, -0.15) is 0 Å². The number of aromatic hydroxyl groups is 3. The zero-order chi connectivity index (χ0) is 21.1. The first-order valence-corrected chi connectivity index (χ1v) is 10.2. The van der Waals surface area contributed by atoms with Gasteiger partial charge >= 0.3 is 0 Å². The van der Waals surface area contributed by atoms with Crippen molar-refractivity contribution in [2.45, 2.75) is 46.5 Å². The summed E-state index contributed by atoms with van der Waals surface area (Å²) in [5.41, 5.74) is 3.59. The standard InChI is InChI=1S/C25H30O4/c1-15(2)9-10-20-16(3)11-18(17-7-5-4-6-8-17)12-21(20)25(29)24-22(27)13-19(26)14-23(24)28/h4-5,7,9,11,13-14,18,20-21,26-28H,6,8,10,12H2,1-3H3/t18-,20-,21+/m1/s1. The largest absolute Gasteiger partial charge is 0.508 e. The average molecular weight is 395 g/mol. The van der Waals surface area contributed by atoms with Crippen LogP contribution in [0.25, 0.3) is 0 Å². The second-order valence-electron chi connectivity index (χ2n) is 8.41. The maximum absolute atomic E-state index is 13.5. The van der Waals surface area contributed by atoms with Gasteiger partial charge in [0.1, 0.15) is 22.8 Å². The molecule has 2 aliphatic carbocycles. The number of hydrogen-bond acceptors (Lipinski definition) is 4. The maximum Gasteiger partial charge on any atom is 0.174 e. The van der Waals surface area contributed by atoms with Gasteiger partial charge in [-0.25, -0.2) is 0 Å². The zero-order valence-corrected chi connectivity index (χ0v) is 17.4. The molecule has 0 heterocycles. The first-order valence-electron chi connectivity index (χ1n) is 10.2. The third kappa shape index (κ3) is 4.64. The van der Waals surface area contributed by atoms with Crippen molar-refractivity contribution in [3.8, 4) is 17.2 Å². The van der Waals surface area contributed by atoms with Gasteiger partial charge in [-0.15, -0.1) is 0 Å². The summed E-state index contributed by atoms with van der Waals surface area (Å²) in [6.07, 6.45) is 14.2. The van der Waals surface area contributed by atoms with Crippen LogP contribution in [0.15, 0.2) is 59.2 Å². The molecule has 1 aromatic carbocycles. The van der Waals surface area contributed by atoms with Gasteiger partial charge < -0.3 is 15.3 Å². The number of carbonyl (C=O) groups is 1. The van der Waals surface area contributed by atoms with E-state index in [4.69, 9.17) is 0 Å². The summed E-state index contributed by atoms with van der Waals surface area (Å²) < 4.78 is 0. The molecular formula is C25H30O4. The summed E-state index contributed by atoms with van der Waals surface area (Å²) in [5, 5.41) is 30.1. The van der Waals surface area contributed by atoms with Crippen molar-refractivity contribution in [1.82, 2.24) is 0 Å². The number of ketones is 1. The Kier molecular flexibility index (Phi) is 6.31. The SMILES string of the molecule is CC(C)=CC[C@@H]1C(C)=C[C@@H](C2=CC=CCC2)C[C@@H]1C(=O)c1c(O)cc(O)cc1O. The number of hydrogen-bond donors (Lipinski definition) is 3. The lowest BCUT2D eigenvalue weighted by Crippen LogP contribution is -2.31. The van der Waals surface area contributed by atoms with E-state index in [1.807, 2.05) is 13.8 Å². The van der Waals surface area contributed by atoms with E-state index in [0.29, 0.717) is 6.42 Å². The topological polar surface area (TPSA) is 77.8 Å². The van der Waals surface area contributed by atoms with Crippen LogP contribution >= 0.6 is 0 Å². The highest BCUT2D eigenvalue weighted by Crippen LogP contribution is 2.44. The smallest absolute Gasteiger partial charge is 0.174 e. The van der Waals surface area contributed by atoms with Gasteiger partial charge in [0.25, 0.3) is 0 Å². The molecule has 154 valence electrons. The fraction of sp³-hybridized carbons (Fsp3) is 0.400. The molecule has 3 N–H and O–H groups in total. The molecule has 4 heteroatoms. The van der Waals surface area contributed by atoms with Crippen LogP contribution in [0.4, 0.5) is 0 Å². The molecule has 0 radical (unpaired) electrons. The fourth-order valence-electron chi connectivity index (χ4n) is 4.49. The molecule has 0 fully saturated rings. The van der Waals surface area contributed by atoms with Crippen molar-refractivity contribution < 1.29 is 20.1 Å². The number of phenolic OH excluding ortho intramolecular Hbond substituents is 3. The second-order valence-corrected chi connectivity index (χ2v) is 8.41. The first kappa shape index (κ1) is 21.0. The number of carbonyl (C=O) groups excluding carboxylic acids is 1. The summed E-state index contributed by atoms with van der Waals surface area (Å²) in [6, 6.07) is 2.21. The van der Waals surface area contributed by atoms with Crippen molar-refractivity contribution in [3.63, 3.8) is 0 Å². The molecule has 0 spiro atoms. The third-order valence-corrected chi connectivity index (χ3v) is 6.01. The molecule has 0 saturated carbocycles. The lowest BCUT2D eigenvalue weighted by atomic mass is 9.68. The van der Waals surface area contributed by atoms with Gasteiger partial charge in [-0.05, 0) is 58.3 Å². The van der Waals surface area contributed by atoms with E-state index in [1.165, 1.54) is 16.7 Å². The lowest BCUT2D eigenvalue weighted by Gasteiger charge is -2.35. The number of rotatable bonds is 5. The lowest BCUT2D eigenvalue weighted by molar-refractivity contribution is 0.0855. The van der Waals surface area contributed by atoms with Crippen LogP contribution in [0.1, 0.15) is 56.8 Å². The minimum Gasteiger partial charge on any atom is -0.508 e. The summed E-state index contributed by atoms with van der Waals surface area (Å²) >= 11 is 0. The van der Waals surface area contributed by atoms with Gasteiger partial charge in [0, 0.05) is 18.1 Å². The Hall–Kier alpha value is -2.75. The van der Waals surface area contributed by atoms with Crippen molar-refractivity contribution in [2.75, 3.05) is 0 Å². The van der Waals surface area contributed by atoms with Crippen LogP contribution in [-0.2, 0) is 0 Å². The monoisotopic (exact) mass is 394 g/mol. The van der Waals surface area contributed by atoms with Crippen molar-refractivity contribution >= 4 is 5.78 Å². The molecule has 0 amide bonds. The molecular weight excluding hydrogens is 364 g/mol. The quantitative estimate of drug-likeness (QED) is 0.434. The highest BCUT2D eigenvalue weighted by Gasteiger charge is 2.37. The average Bonchev–Trinajstić information content (AvgIpc) is 2.66. The maximum atomic E-state index is 13.5. The highest BCUT2D eigenvalue weighted by molar-refractivity contribution is 6.03. The zero-order valence-electron chi connectivity index (χ0n) is 17.4. The first-order chi connectivity index (χ1) is 13.8. The number of phenols is 3. The molecule has 4 nitrogen and oxygen atoms in total. The fourth-order valence-corrected chi connectivity index (χ4v) is 4.49. The van der Waals surface area contributed by atoms with Crippen LogP contribution in [0.3, 0.4) is 0 Å². The summed E-state index contributed by atoms with van der Waals surface area (Å²) in [6.45, 7) is 6.16. The summed E-state index contributed by atoms with van der Waals surface area (Å²) in [7, 11) is 0. The molecule has 1 aromatic rings. The highest BCUT2D eigenvalue weighted by atomic mass is 16.3. The molecule has 0 aromatic heterocycles. The second kappa shape index (κ2) is 8.73. The van der Waals surface area contributed by atoms with E-state index >= 15 is 0 Å². The summed E-state index contributed by atoms with van der Waals surface area (Å²) in [5.74, 6) is -1.45. The minimum absolute atomic E-state index is 0.0148. The van der Waals surface area contributed by atoms with Crippen LogP contribution in [0.5, 0.6) is 17.2 Å². The van der Waals surface area contributed by atoms with E-state index in [0.717, 1.165) is 31.4 Å². The Balaban J connectivity index is 2.01. The Bertz CT molecular complexity index is 890. The van der Waals surface area contributed by atoms with Gasteiger partial charge in [0.05, 0.1) is 0 Å². The third-order valence-electron chi connectivity index (χ3n) is 6.01. The van der Waals surface area contributed by atoms with E-state index in [-0.39, 0.29) is 46.3 Å². The Morgan fingerprint density at radius 3 is 2.45 bits per heavy atom. The predicted octanol–water partition coefficient (Wildman–Crippen LogP) is 5.82. The van der Waals surface area contributed by atoms with Gasteiger partial charge in [-0.3, -0.25) is 4.79 Å². The molecule has 3 atom stereocenters. The molecule has 0 saturated heterocycles. The Morgan fingerprint density at radius 2 is 1.86 bits per heavy atom. The van der Waals surface area contributed by atoms with Crippen molar-refractivity contribution in [2.24, 2.45) is 17.8 Å². The molecule has 29 heavy (non-hydrogen) atoms. The minimum atomic E-state index is -0.378. The van der Waals surface area contributed by atoms with Crippen molar-refractivity contribution in [1.29, 1.82) is 0 Å². The van der Waals surface area contributed by atoms with E-state index in [9.17, 15) is 20.1 Å². The molecule has 0 unspecified atom stereocenters. The predicted molar refractivity (Wildman–Crippen MR) is 115 cm³/mol. The normalized spacial score (nSPS) is 23.9. The Morgan fingerprint density at radius 1 is 1.17 bits per heavy atom. The molecule has 0 aliphatic heterocycles. The van der Waals surface area contributed by atoms with Gasteiger partial charge in [0.15, 0.2) is 5.78 Å². The van der Waals surface area contributed by atoms with Crippen LogP contribution in [0.2, 0.25) is 0 Å². The van der Waals surface area contributed by atoms with Crippen LogP contribution in [-0.4, -0.2) is 21.1 Å². The molecule has 0 bridgehead atoms. The van der Waals surface area contributed by atoms with Crippen molar-refractivity contribution in [3.05, 3.63) is 64.8 Å². The Labute approximate surface area is 172 Å². The molecule has 3 rings (SSSR count). The van der Waals surface area contributed by atoms with E-state index in [2.05, 4.69) is 37.3 Å². The van der Waals surface area contributed by atoms with E-state index < -0.39 is 0 Å². The van der Waals surface area contributed by atoms with Crippen LogP contribution in [0, 0.1) is 17.8 Å². The van der Waals surface area contributed by atoms with Crippen LogP contribution < -0.4 is 0 Å². The summed E-state index contributed by atoms with van der Waals surface area (Å²) in [4.78, 5) is 13.5. The number of benzene rings is 1. The van der Waals surface area contributed by atoms with Gasteiger partial charge in [0.2, 0.25) is 0 Å². The number of Topliss-reactive ketones (excluding diaryl/α,β-unsaturated/α-hetero) is 1. The molecule has 2 aliphatic rings. The number of allylic oxidation sites excluding steroid dienone is 8. The van der Waals surface area contributed by atoms with E-state index in [1.54, 1.807) is 0 Å².